The molecule has 0 aliphatic heterocycles. The summed E-state index contributed by atoms with van der Waals surface area (Å²) in [5.41, 5.74) is 0. The third-order valence-corrected chi connectivity index (χ3v) is 3.24. The van der Waals surface area contributed by atoms with Crippen LogP contribution in [-0.4, -0.2) is 12.4 Å². The zero-order valence-corrected chi connectivity index (χ0v) is 11.3. The molecule has 0 heterocycles. The maximum Gasteiger partial charge on any atom is 0.200 e. The van der Waals surface area contributed by atoms with Crippen LogP contribution < -0.4 is 4.74 Å². The topological polar surface area (TPSA) is 9.23 Å². The lowest BCUT2D eigenvalue weighted by atomic mass is 10.1. The third kappa shape index (κ3) is 3.63. The molecule has 0 radical (unpaired) electrons. The van der Waals surface area contributed by atoms with Crippen molar-refractivity contribution in [2.75, 3.05) is 12.4 Å². The molecule has 0 aromatic heterocycles. The molecule has 1 aromatic carbocycles. The second kappa shape index (κ2) is 6.45. The van der Waals surface area contributed by atoms with Crippen molar-refractivity contribution >= 4 is 28.6 Å². The predicted octanol–water partition coefficient (Wildman–Crippen LogP) is 4.06. The molecule has 1 unspecified atom stereocenters. The van der Waals surface area contributed by atoms with Crippen molar-refractivity contribution in [3.63, 3.8) is 0 Å². The summed E-state index contributed by atoms with van der Waals surface area (Å²) in [5.74, 6) is -1.02. The molecule has 0 saturated carbocycles. The van der Waals surface area contributed by atoms with Gasteiger partial charge in [0.05, 0.1) is 6.61 Å². The molecule has 90 valence electrons. The van der Waals surface area contributed by atoms with E-state index in [0.29, 0.717) is 16.8 Å². The predicted molar refractivity (Wildman–Crippen MR) is 67.2 cm³/mol. The van der Waals surface area contributed by atoms with Crippen molar-refractivity contribution in [3.8, 4) is 5.75 Å². The number of ether oxygens (including phenoxy) is 1. The van der Waals surface area contributed by atoms with Crippen LogP contribution in [0.15, 0.2) is 16.6 Å². The molecule has 1 atom stereocenters. The van der Waals surface area contributed by atoms with Gasteiger partial charge in [-0.25, -0.2) is 4.39 Å². The second-order valence-corrected chi connectivity index (χ2v) is 4.75. The van der Waals surface area contributed by atoms with Crippen LogP contribution in [-0.2, 0) is 0 Å². The SMILES string of the molecule is CCC(CS)COc1cc(Br)cc(F)c1F. The van der Waals surface area contributed by atoms with Gasteiger partial charge in [0, 0.05) is 10.4 Å². The van der Waals surface area contributed by atoms with Gasteiger partial charge in [-0.2, -0.15) is 17.0 Å². The standard InChI is InChI=1S/C11H13BrF2OS/c1-2-7(6-16)5-15-10-4-8(12)3-9(13)11(10)14/h3-4,7,16H,2,5-6H2,1H3. The molecule has 1 aromatic rings. The lowest BCUT2D eigenvalue weighted by Crippen LogP contribution is -2.13. The monoisotopic (exact) mass is 310 g/mol. The Kier molecular flexibility index (Phi) is 5.55. The number of hydrogen-bond donors (Lipinski definition) is 1. The lowest BCUT2D eigenvalue weighted by Gasteiger charge is -2.14. The van der Waals surface area contributed by atoms with Crippen molar-refractivity contribution in [3.05, 3.63) is 28.2 Å². The smallest absolute Gasteiger partial charge is 0.200 e. The second-order valence-electron chi connectivity index (χ2n) is 3.47. The first-order chi connectivity index (χ1) is 7.58. The molecule has 0 amide bonds. The Balaban J connectivity index is 2.73. The molecule has 16 heavy (non-hydrogen) atoms. The van der Waals surface area contributed by atoms with Crippen LogP contribution in [0.25, 0.3) is 0 Å². The van der Waals surface area contributed by atoms with Gasteiger partial charge in [-0.1, -0.05) is 22.9 Å². The van der Waals surface area contributed by atoms with Crippen LogP contribution in [0.4, 0.5) is 8.78 Å². The minimum atomic E-state index is -0.947. The van der Waals surface area contributed by atoms with Crippen LogP contribution in [0.5, 0.6) is 5.75 Å². The summed E-state index contributed by atoms with van der Waals surface area (Å²) >= 11 is 7.24. The Labute approximate surface area is 108 Å². The van der Waals surface area contributed by atoms with Gasteiger partial charge >= 0.3 is 0 Å². The Morgan fingerprint density at radius 2 is 2.12 bits per heavy atom. The summed E-state index contributed by atoms with van der Waals surface area (Å²) in [4.78, 5) is 0. The van der Waals surface area contributed by atoms with Gasteiger partial charge in [0.15, 0.2) is 11.6 Å². The van der Waals surface area contributed by atoms with Gasteiger partial charge < -0.3 is 4.74 Å². The van der Waals surface area contributed by atoms with Crippen LogP contribution in [0.3, 0.4) is 0 Å². The van der Waals surface area contributed by atoms with E-state index >= 15 is 0 Å². The first kappa shape index (κ1) is 13.8. The van der Waals surface area contributed by atoms with Crippen molar-refractivity contribution < 1.29 is 13.5 Å². The fraction of sp³-hybridized carbons (Fsp3) is 0.455. The highest BCUT2D eigenvalue weighted by Gasteiger charge is 2.13. The maximum absolute atomic E-state index is 13.3. The fourth-order valence-electron chi connectivity index (χ4n) is 1.14. The van der Waals surface area contributed by atoms with Gasteiger partial charge in [-0.05, 0) is 24.3 Å². The van der Waals surface area contributed by atoms with E-state index in [1.807, 2.05) is 6.92 Å². The van der Waals surface area contributed by atoms with E-state index in [-0.39, 0.29) is 11.7 Å². The molecule has 0 saturated heterocycles. The van der Waals surface area contributed by atoms with E-state index in [1.54, 1.807) is 0 Å². The highest BCUT2D eigenvalue weighted by molar-refractivity contribution is 9.10. The summed E-state index contributed by atoms with van der Waals surface area (Å²) in [6.45, 7) is 2.34. The summed E-state index contributed by atoms with van der Waals surface area (Å²) in [5, 5.41) is 0. The fourth-order valence-corrected chi connectivity index (χ4v) is 1.92. The average molecular weight is 311 g/mol. The van der Waals surface area contributed by atoms with Crippen LogP contribution in [0.2, 0.25) is 0 Å². The van der Waals surface area contributed by atoms with Gasteiger partial charge in [-0.3, -0.25) is 0 Å². The molecular formula is C11H13BrF2OS. The van der Waals surface area contributed by atoms with E-state index in [4.69, 9.17) is 4.74 Å². The number of hydrogen-bond acceptors (Lipinski definition) is 2. The Morgan fingerprint density at radius 1 is 1.44 bits per heavy atom. The Hall–Kier alpha value is -0.290. The molecular weight excluding hydrogens is 298 g/mol. The summed E-state index contributed by atoms with van der Waals surface area (Å²) in [6.07, 6.45) is 0.890. The zero-order valence-electron chi connectivity index (χ0n) is 8.84. The molecule has 0 aliphatic carbocycles. The Morgan fingerprint density at radius 3 is 2.69 bits per heavy atom. The van der Waals surface area contributed by atoms with Crippen molar-refractivity contribution in [1.82, 2.24) is 0 Å². The van der Waals surface area contributed by atoms with Crippen LogP contribution >= 0.6 is 28.6 Å². The van der Waals surface area contributed by atoms with E-state index in [0.717, 1.165) is 12.5 Å². The van der Waals surface area contributed by atoms with E-state index in [1.165, 1.54) is 6.07 Å². The zero-order chi connectivity index (χ0) is 12.1. The highest BCUT2D eigenvalue weighted by Crippen LogP contribution is 2.25. The van der Waals surface area contributed by atoms with Gasteiger partial charge in [0.25, 0.3) is 0 Å². The van der Waals surface area contributed by atoms with Crippen molar-refractivity contribution in [2.24, 2.45) is 5.92 Å². The molecule has 1 nitrogen and oxygen atoms in total. The summed E-state index contributed by atoms with van der Waals surface area (Å²) in [7, 11) is 0. The molecule has 1 rings (SSSR count). The van der Waals surface area contributed by atoms with Crippen molar-refractivity contribution in [1.29, 1.82) is 0 Å². The molecule has 0 fully saturated rings. The van der Waals surface area contributed by atoms with Crippen LogP contribution in [0.1, 0.15) is 13.3 Å². The molecule has 0 aliphatic rings. The van der Waals surface area contributed by atoms with E-state index < -0.39 is 11.6 Å². The normalized spacial score (nSPS) is 12.6. The summed E-state index contributed by atoms with van der Waals surface area (Å²) in [6, 6.07) is 2.49. The quantitative estimate of drug-likeness (QED) is 0.637. The largest absolute Gasteiger partial charge is 0.490 e. The average Bonchev–Trinajstić information content (AvgIpc) is 2.26. The molecule has 5 heteroatoms. The number of thiol groups is 1. The van der Waals surface area contributed by atoms with Gasteiger partial charge in [0.1, 0.15) is 0 Å². The first-order valence-electron chi connectivity index (χ1n) is 4.96. The molecule has 0 N–H and O–H groups in total. The minimum Gasteiger partial charge on any atom is -0.490 e. The molecule has 0 spiro atoms. The number of rotatable bonds is 5. The van der Waals surface area contributed by atoms with Crippen LogP contribution in [0, 0.1) is 17.6 Å². The number of halogens is 3. The maximum atomic E-state index is 13.3. The van der Waals surface area contributed by atoms with Gasteiger partial charge in [0.2, 0.25) is 5.82 Å². The van der Waals surface area contributed by atoms with E-state index in [2.05, 4.69) is 28.6 Å². The summed E-state index contributed by atoms with van der Waals surface area (Å²) < 4.78 is 32.0. The lowest BCUT2D eigenvalue weighted by molar-refractivity contribution is 0.245. The van der Waals surface area contributed by atoms with E-state index in [9.17, 15) is 8.78 Å². The highest BCUT2D eigenvalue weighted by atomic mass is 79.9. The first-order valence-corrected chi connectivity index (χ1v) is 6.39. The third-order valence-electron chi connectivity index (χ3n) is 2.27. The minimum absolute atomic E-state index is 0.0629. The molecule has 0 bridgehead atoms. The van der Waals surface area contributed by atoms with Gasteiger partial charge in [-0.15, -0.1) is 0 Å². The Bertz CT molecular complexity index is 356. The van der Waals surface area contributed by atoms with Crippen molar-refractivity contribution in [2.45, 2.75) is 13.3 Å². The number of benzene rings is 1.